The molecule has 120 valence electrons. The van der Waals surface area contributed by atoms with Gasteiger partial charge in [0.25, 0.3) is 0 Å². The standard InChI is InChI=1S/C16H13BrClNO4/c1-3-22-15(20)11-5-6-13(19-9(11)2)16(21)23-14-7-4-10(18)8-12(14)17/h4-8H,3H2,1-2H3. The molecule has 0 atom stereocenters. The van der Waals surface area contributed by atoms with Gasteiger partial charge < -0.3 is 9.47 Å². The summed E-state index contributed by atoms with van der Waals surface area (Å²) in [6, 6.07) is 7.72. The van der Waals surface area contributed by atoms with Gasteiger partial charge in [-0.15, -0.1) is 0 Å². The summed E-state index contributed by atoms with van der Waals surface area (Å²) < 4.78 is 10.7. The minimum Gasteiger partial charge on any atom is -0.462 e. The van der Waals surface area contributed by atoms with Crippen LogP contribution in [0.15, 0.2) is 34.8 Å². The van der Waals surface area contributed by atoms with E-state index in [4.69, 9.17) is 21.1 Å². The van der Waals surface area contributed by atoms with Crippen molar-refractivity contribution in [2.75, 3.05) is 6.61 Å². The molecular formula is C16H13BrClNO4. The van der Waals surface area contributed by atoms with Crippen LogP contribution in [-0.4, -0.2) is 23.5 Å². The van der Waals surface area contributed by atoms with Crippen LogP contribution in [0, 0.1) is 6.92 Å². The zero-order valence-electron chi connectivity index (χ0n) is 12.4. The first-order valence-corrected chi connectivity index (χ1v) is 7.91. The maximum atomic E-state index is 12.2. The van der Waals surface area contributed by atoms with Crippen molar-refractivity contribution < 1.29 is 19.1 Å². The van der Waals surface area contributed by atoms with Gasteiger partial charge in [-0.3, -0.25) is 0 Å². The molecule has 0 radical (unpaired) electrons. The van der Waals surface area contributed by atoms with Gasteiger partial charge in [-0.2, -0.15) is 0 Å². The van der Waals surface area contributed by atoms with Crippen LogP contribution >= 0.6 is 27.5 Å². The van der Waals surface area contributed by atoms with E-state index >= 15 is 0 Å². The van der Waals surface area contributed by atoms with Crippen LogP contribution in [0.2, 0.25) is 5.02 Å². The summed E-state index contributed by atoms with van der Waals surface area (Å²) in [6.45, 7) is 3.62. The first-order valence-electron chi connectivity index (χ1n) is 6.74. The lowest BCUT2D eigenvalue weighted by Gasteiger charge is -2.08. The minimum absolute atomic E-state index is 0.0948. The fourth-order valence-corrected chi connectivity index (χ4v) is 2.57. The number of pyridine rings is 1. The Labute approximate surface area is 146 Å². The zero-order chi connectivity index (χ0) is 17.0. The summed E-state index contributed by atoms with van der Waals surface area (Å²) in [5.74, 6) is -0.780. The fourth-order valence-electron chi connectivity index (χ4n) is 1.81. The molecule has 0 aliphatic heterocycles. The van der Waals surface area contributed by atoms with E-state index in [2.05, 4.69) is 20.9 Å². The summed E-state index contributed by atoms with van der Waals surface area (Å²) >= 11 is 9.10. The summed E-state index contributed by atoms with van der Waals surface area (Å²) in [4.78, 5) is 28.0. The molecule has 0 saturated heterocycles. The van der Waals surface area contributed by atoms with Gasteiger partial charge in [0.05, 0.1) is 22.3 Å². The Hall–Kier alpha value is -1.92. The number of carbonyl (C=O) groups excluding carboxylic acids is 2. The Bertz CT molecular complexity index is 764. The van der Waals surface area contributed by atoms with Crippen LogP contribution < -0.4 is 4.74 Å². The van der Waals surface area contributed by atoms with Gasteiger partial charge >= 0.3 is 11.9 Å². The number of hydrogen-bond acceptors (Lipinski definition) is 5. The maximum absolute atomic E-state index is 12.2. The summed E-state index contributed by atoms with van der Waals surface area (Å²) in [6.07, 6.45) is 0. The Morgan fingerprint density at radius 2 is 1.96 bits per heavy atom. The molecule has 2 rings (SSSR count). The van der Waals surface area contributed by atoms with Crippen LogP contribution in [0.1, 0.15) is 33.5 Å². The maximum Gasteiger partial charge on any atom is 0.362 e. The molecule has 0 N–H and O–H groups in total. The van der Waals surface area contributed by atoms with Crippen molar-refractivity contribution in [3.8, 4) is 5.75 Å². The second kappa shape index (κ2) is 7.57. The number of hydrogen-bond donors (Lipinski definition) is 0. The van der Waals surface area contributed by atoms with E-state index in [1.807, 2.05) is 0 Å². The first kappa shape index (κ1) is 17.4. The molecule has 5 nitrogen and oxygen atoms in total. The van der Waals surface area contributed by atoms with Gasteiger partial charge in [0.15, 0.2) is 0 Å². The third-order valence-electron chi connectivity index (χ3n) is 2.89. The van der Waals surface area contributed by atoms with E-state index in [1.54, 1.807) is 32.0 Å². The lowest BCUT2D eigenvalue weighted by atomic mass is 10.2. The fraction of sp³-hybridized carbons (Fsp3) is 0.188. The molecule has 0 aliphatic rings. The average molecular weight is 399 g/mol. The van der Waals surface area contributed by atoms with Crippen molar-refractivity contribution in [3.05, 3.63) is 56.8 Å². The number of nitrogens with zero attached hydrogens (tertiary/aromatic N) is 1. The molecule has 0 unspecified atom stereocenters. The quantitative estimate of drug-likeness (QED) is 0.570. The Kier molecular flexibility index (Phi) is 5.74. The normalized spacial score (nSPS) is 10.3. The first-order chi connectivity index (χ1) is 10.9. The molecule has 0 aliphatic carbocycles. The van der Waals surface area contributed by atoms with E-state index in [9.17, 15) is 9.59 Å². The molecule has 1 aromatic carbocycles. The van der Waals surface area contributed by atoms with Crippen molar-refractivity contribution in [1.82, 2.24) is 4.98 Å². The monoisotopic (exact) mass is 397 g/mol. The van der Waals surface area contributed by atoms with Crippen molar-refractivity contribution in [3.63, 3.8) is 0 Å². The second-order valence-corrected chi connectivity index (χ2v) is 5.80. The van der Waals surface area contributed by atoms with Crippen LogP contribution in [-0.2, 0) is 4.74 Å². The number of esters is 2. The number of carbonyl (C=O) groups is 2. The topological polar surface area (TPSA) is 65.5 Å². The third-order valence-corrected chi connectivity index (χ3v) is 3.74. The summed E-state index contributed by atoms with van der Waals surface area (Å²) in [5, 5.41) is 0.518. The number of rotatable bonds is 4. The number of halogens is 2. The predicted molar refractivity (Wildman–Crippen MR) is 89.0 cm³/mol. The highest BCUT2D eigenvalue weighted by molar-refractivity contribution is 9.10. The summed E-state index contributed by atoms with van der Waals surface area (Å²) in [5.41, 5.74) is 0.807. The minimum atomic E-state index is -0.633. The van der Waals surface area contributed by atoms with E-state index in [0.717, 1.165) is 0 Å². The van der Waals surface area contributed by atoms with Gasteiger partial charge in [0.2, 0.25) is 0 Å². The average Bonchev–Trinajstić information content (AvgIpc) is 2.50. The number of ether oxygens (including phenoxy) is 2. The van der Waals surface area contributed by atoms with Crippen LogP contribution in [0.3, 0.4) is 0 Å². The van der Waals surface area contributed by atoms with Crippen LogP contribution in [0.4, 0.5) is 0 Å². The highest BCUT2D eigenvalue weighted by atomic mass is 79.9. The van der Waals surface area contributed by atoms with E-state index in [1.165, 1.54) is 12.1 Å². The van der Waals surface area contributed by atoms with Crippen molar-refractivity contribution >= 4 is 39.5 Å². The number of aryl methyl sites for hydroxylation is 1. The largest absolute Gasteiger partial charge is 0.462 e. The molecular weight excluding hydrogens is 386 g/mol. The van der Waals surface area contributed by atoms with E-state index in [0.29, 0.717) is 26.5 Å². The van der Waals surface area contributed by atoms with Crippen LogP contribution in [0.25, 0.3) is 0 Å². The molecule has 23 heavy (non-hydrogen) atoms. The summed E-state index contributed by atoms with van der Waals surface area (Å²) in [7, 11) is 0. The number of aromatic nitrogens is 1. The molecule has 7 heteroatoms. The highest BCUT2D eigenvalue weighted by Crippen LogP contribution is 2.28. The molecule has 1 aromatic heterocycles. The molecule has 2 aromatic rings. The van der Waals surface area contributed by atoms with Gasteiger partial charge in [-0.05, 0) is 60.1 Å². The van der Waals surface area contributed by atoms with E-state index in [-0.39, 0.29) is 12.3 Å². The SMILES string of the molecule is CCOC(=O)c1ccc(C(=O)Oc2ccc(Cl)cc2Br)nc1C. The smallest absolute Gasteiger partial charge is 0.362 e. The van der Waals surface area contributed by atoms with Gasteiger partial charge in [0.1, 0.15) is 11.4 Å². The van der Waals surface area contributed by atoms with E-state index < -0.39 is 11.9 Å². The Morgan fingerprint density at radius 3 is 2.57 bits per heavy atom. The lowest BCUT2D eigenvalue weighted by Crippen LogP contribution is -2.14. The van der Waals surface area contributed by atoms with Crippen LogP contribution in [0.5, 0.6) is 5.75 Å². The number of benzene rings is 1. The van der Waals surface area contributed by atoms with Crippen molar-refractivity contribution in [1.29, 1.82) is 0 Å². The third kappa shape index (κ3) is 4.30. The molecule has 1 heterocycles. The lowest BCUT2D eigenvalue weighted by molar-refractivity contribution is 0.0523. The second-order valence-electron chi connectivity index (χ2n) is 4.51. The van der Waals surface area contributed by atoms with Gasteiger partial charge in [0, 0.05) is 5.02 Å². The Balaban J connectivity index is 2.20. The predicted octanol–water partition coefficient (Wildman–Crippen LogP) is 4.20. The molecule has 0 spiro atoms. The van der Waals surface area contributed by atoms with Gasteiger partial charge in [-0.25, -0.2) is 14.6 Å². The van der Waals surface area contributed by atoms with Crippen molar-refractivity contribution in [2.45, 2.75) is 13.8 Å². The molecule has 0 saturated carbocycles. The Morgan fingerprint density at radius 1 is 1.22 bits per heavy atom. The van der Waals surface area contributed by atoms with Gasteiger partial charge in [-0.1, -0.05) is 11.6 Å². The molecule has 0 fully saturated rings. The van der Waals surface area contributed by atoms with Crippen molar-refractivity contribution in [2.24, 2.45) is 0 Å². The zero-order valence-corrected chi connectivity index (χ0v) is 14.8. The molecule has 0 bridgehead atoms. The highest BCUT2D eigenvalue weighted by Gasteiger charge is 2.17. The molecule has 0 amide bonds.